The molecule has 0 aromatic carbocycles. The number of hydrogen-bond donors (Lipinski definition) is 2. The summed E-state index contributed by atoms with van der Waals surface area (Å²) in [4.78, 5) is 0.0421. The van der Waals surface area contributed by atoms with E-state index in [1.165, 1.54) is 0 Å². The number of thiocarbonyl (C=S) groups is 1. The fourth-order valence-electron chi connectivity index (χ4n) is 1.26. The molecule has 1 unspecified atom stereocenters. The number of unbranched alkanes of at least 4 members (excludes halogenated alkanes) is 2. The summed E-state index contributed by atoms with van der Waals surface area (Å²) in [5, 5.41) is -0.742. The molecule has 0 aliphatic rings. The molecule has 4 nitrogen and oxygen atoms in total. The van der Waals surface area contributed by atoms with Crippen LogP contribution in [0.4, 0.5) is 0 Å². The van der Waals surface area contributed by atoms with Crippen LogP contribution >= 0.6 is 12.2 Å². The van der Waals surface area contributed by atoms with Gasteiger partial charge in [0, 0.05) is 6.54 Å². The third-order valence-electron chi connectivity index (χ3n) is 2.15. The largest absolute Gasteiger partial charge is 0.392 e. The molecule has 0 aliphatic heterocycles. The van der Waals surface area contributed by atoms with Crippen molar-refractivity contribution < 1.29 is 8.42 Å². The standard InChI is InChI=1S/C9H20N2O2S2/c1-3-5-6-7-11-15(12,13)8(4-2)9(10)14/h8,11H,3-7H2,1-2H3,(H2,10,14). The summed E-state index contributed by atoms with van der Waals surface area (Å²) in [5.41, 5.74) is 5.38. The average molecular weight is 252 g/mol. The third-order valence-corrected chi connectivity index (χ3v) is 4.52. The summed E-state index contributed by atoms with van der Waals surface area (Å²) >= 11 is 4.72. The summed E-state index contributed by atoms with van der Waals surface area (Å²) in [6.07, 6.45) is 3.35. The molecule has 90 valence electrons. The minimum absolute atomic E-state index is 0.0421. The second-order valence-corrected chi connectivity index (χ2v) is 5.86. The molecule has 0 bridgehead atoms. The third kappa shape index (κ3) is 5.44. The lowest BCUT2D eigenvalue weighted by Crippen LogP contribution is -2.41. The molecular weight excluding hydrogens is 232 g/mol. The van der Waals surface area contributed by atoms with E-state index in [0.29, 0.717) is 13.0 Å². The molecule has 3 N–H and O–H groups in total. The van der Waals surface area contributed by atoms with Gasteiger partial charge in [-0.15, -0.1) is 0 Å². The number of sulfonamides is 1. The normalized spacial score (nSPS) is 13.7. The van der Waals surface area contributed by atoms with E-state index in [2.05, 4.69) is 11.6 Å². The van der Waals surface area contributed by atoms with Gasteiger partial charge >= 0.3 is 0 Å². The van der Waals surface area contributed by atoms with Crippen LogP contribution in [-0.2, 0) is 10.0 Å². The van der Waals surface area contributed by atoms with Crippen molar-refractivity contribution in [1.82, 2.24) is 4.72 Å². The van der Waals surface area contributed by atoms with E-state index in [4.69, 9.17) is 18.0 Å². The van der Waals surface area contributed by atoms with Crippen molar-refractivity contribution in [3.8, 4) is 0 Å². The lowest BCUT2D eigenvalue weighted by atomic mass is 10.3. The van der Waals surface area contributed by atoms with Crippen LogP contribution in [-0.4, -0.2) is 25.2 Å². The van der Waals surface area contributed by atoms with Crippen molar-refractivity contribution in [2.75, 3.05) is 6.54 Å². The molecule has 0 saturated heterocycles. The molecule has 0 aromatic heterocycles. The average Bonchev–Trinajstić information content (AvgIpc) is 2.12. The highest BCUT2D eigenvalue weighted by atomic mass is 32.2. The lowest BCUT2D eigenvalue weighted by molar-refractivity contribution is 0.569. The fraction of sp³-hybridized carbons (Fsp3) is 0.889. The van der Waals surface area contributed by atoms with Crippen LogP contribution in [0.1, 0.15) is 39.5 Å². The van der Waals surface area contributed by atoms with Gasteiger partial charge in [-0.3, -0.25) is 0 Å². The predicted molar refractivity (Wildman–Crippen MR) is 67.3 cm³/mol. The van der Waals surface area contributed by atoms with E-state index in [9.17, 15) is 8.42 Å². The highest BCUT2D eigenvalue weighted by molar-refractivity contribution is 7.93. The predicted octanol–water partition coefficient (Wildman–Crippen LogP) is 1.16. The van der Waals surface area contributed by atoms with Crippen LogP contribution in [0.25, 0.3) is 0 Å². The Hall–Kier alpha value is -0.200. The highest BCUT2D eigenvalue weighted by Gasteiger charge is 2.25. The second-order valence-electron chi connectivity index (χ2n) is 3.45. The Morgan fingerprint density at radius 2 is 2.00 bits per heavy atom. The zero-order valence-corrected chi connectivity index (χ0v) is 11.0. The van der Waals surface area contributed by atoms with Gasteiger partial charge in [-0.25, -0.2) is 13.1 Å². The van der Waals surface area contributed by atoms with Gasteiger partial charge in [0.15, 0.2) is 0 Å². The molecule has 0 heterocycles. The zero-order chi connectivity index (χ0) is 11.9. The topological polar surface area (TPSA) is 72.2 Å². The maximum Gasteiger partial charge on any atom is 0.220 e. The Balaban J connectivity index is 4.21. The van der Waals surface area contributed by atoms with Crippen LogP contribution in [0.15, 0.2) is 0 Å². The lowest BCUT2D eigenvalue weighted by Gasteiger charge is -2.14. The molecule has 0 spiro atoms. The van der Waals surface area contributed by atoms with E-state index < -0.39 is 15.3 Å². The Morgan fingerprint density at radius 1 is 1.40 bits per heavy atom. The first-order valence-corrected chi connectivity index (χ1v) is 7.19. The summed E-state index contributed by atoms with van der Waals surface area (Å²) < 4.78 is 25.9. The zero-order valence-electron chi connectivity index (χ0n) is 9.32. The van der Waals surface area contributed by atoms with E-state index in [-0.39, 0.29) is 4.99 Å². The Morgan fingerprint density at radius 3 is 2.40 bits per heavy atom. The van der Waals surface area contributed by atoms with Crippen LogP contribution < -0.4 is 10.5 Å². The maximum absolute atomic E-state index is 11.7. The smallest absolute Gasteiger partial charge is 0.220 e. The first-order chi connectivity index (χ1) is 6.95. The maximum atomic E-state index is 11.7. The summed E-state index contributed by atoms with van der Waals surface area (Å²) in [7, 11) is -3.37. The number of nitrogens with one attached hydrogen (secondary N) is 1. The second kappa shape index (κ2) is 7.14. The summed E-state index contributed by atoms with van der Waals surface area (Å²) in [6.45, 7) is 4.29. The first kappa shape index (κ1) is 14.8. The van der Waals surface area contributed by atoms with Crippen molar-refractivity contribution in [2.45, 2.75) is 44.8 Å². The van der Waals surface area contributed by atoms with Crippen LogP contribution in [0.3, 0.4) is 0 Å². The summed E-state index contributed by atoms with van der Waals surface area (Å²) in [5.74, 6) is 0. The Bertz CT molecular complexity index is 288. The Labute approximate surface area is 97.7 Å². The Kier molecular flexibility index (Phi) is 7.04. The van der Waals surface area contributed by atoms with Crippen LogP contribution in [0.5, 0.6) is 0 Å². The van der Waals surface area contributed by atoms with Crippen LogP contribution in [0, 0.1) is 0 Å². The molecule has 0 saturated carbocycles. The van der Waals surface area contributed by atoms with Crippen molar-refractivity contribution in [3.63, 3.8) is 0 Å². The summed E-state index contributed by atoms with van der Waals surface area (Å²) in [6, 6.07) is 0. The van der Waals surface area contributed by atoms with Gasteiger partial charge in [0.05, 0.1) is 4.99 Å². The van der Waals surface area contributed by atoms with Gasteiger partial charge in [-0.05, 0) is 12.8 Å². The van der Waals surface area contributed by atoms with Crippen LogP contribution in [0.2, 0.25) is 0 Å². The van der Waals surface area contributed by atoms with Crippen molar-refractivity contribution in [3.05, 3.63) is 0 Å². The minimum Gasteiger partial charge on any atom is -0.392 e. The number of hydrogen-bond acceptors (Lipinski definition) is 3. The number of nitrogens with two attached hydrogens (primary N) is 1. The van der Waals surface area contributed by atoms with Gasteiger partial charge in [-0.2, -0.15) is 0 Å². The van der Waals surface area contributed by atoms with E-state index in [0.717, 1.165) is 19.3 Å². The highest BCUT2D eigenvalue weighted by Crippen LogP contribution is 2.05. The molecule has 0 rings (SSSR count). The van der Waals surface area contributed by atoms with Gasteiger partial charge in [0.2, 0.25) is 10.0 Å². The van der Waals surface area contributed by atoms with Gasteiger partial charge in [0.1, 0.15) is 5.25 Å². The van der Waals surface area contributed by atoms with Crippen molar-refractivity contribution in [1.29, 1.82) is 0 Å². The minimum atomic E-state index is -3.37. The molecule has 6 heteroatoms. The molecule has 1 atom stereocenters. The van der Waals surface area contributed by atoms with Gasteiger partial charge in [0.25, 0.3) is 0 Å². The molecule has 0 radical (unpaired) electrons. The molecule has 0 fully saturated rings. The molecule has 0 aromatic rings. The van der Waals surface area contributed by atoms with E-state index in [1.807, 2.05) is 0 Å². The van der Waals surface area contributed by atoms with E-state index >= 15 is 0 Å². The van der Waals surface area contributed by atoms with Gasteiger partial charge in [-0.1, -0.05) is 38.9 Å². The quantitative estimate of drug-likeness (QED) is 0.502. The fourth-order valence-corrected chi connectivity index (χ4v) is 3.18. The van der Waals surface area contributed by atoms with Crippen molar-refractivity contribution >= 4 is 27.2 Å². The van der Waals surface area contributed by atoms with Crippen molar-refractivity contribution in [2.24, 2.45) is 5.73 Å². The molecule has 15 heavy (non-hydrogen) atoms. The SMILES string of the molecule is CCCCCNS(=O)(=O)C(CC)C(N)=S. The monoisotopic (exact) mass is 252 g/mol. The first-order valence-electron chi connectivity index (χ1n) is 5.23. The molecule has 0 amide bonds. The molecular formula is C9H20N2O2S2. The molecule has 0 aliphatic carbocycles. The van der Waals surface area contributed by atoms with Gasteiger partial charge < -0.3 is 5.73 Å². The van der Waals surface area contributed by atoms with E-state index in [1.54, 1.807) is 6.92 Å². The number of rotatable bonds is 8.